The van der Waals surface area contributed by atoms with Gasteiger partial charge in [0, 0.05) is 28.0 Å². The quantitative estimate of drug-likeness (QED) is 0.632. The first-order chi connectivity index (χ1) is 11.1. The zero-order valence-electron chi connectivity index (χ0n) is 12.0. The number of aromatic nitrogens is 1. The fraction of sp³-hybridized carbons (Fsp3) is 0.0588. The van der Waals surface area contributed by atoms with Crippen molar-refractivity contribution in [2.24, 2.45) is 0 Å². The SMILES string of the molecule is O=C(Nc1cccc(Cl)c1)c1c[nH]c2c(CS)cccc2c1=O. The number of carbonyl (C=O) groups is 1. The molecular weight excluding hydrogens is 332 g/mol. The van der Waals surface area contributed by atoms with E-state index in [0.29, 0.717) is 27.4 Å². The van der Waals surface area contributed by atoms with Crippen molar-refractivity contribution in [2.75, 3.05) is 5.32 Å². The monoisotopic (exact) mass is 344 g/mol. The highest BCUT2D eigenvalue weighted by Crippen LogP contribution is 2.18. The number of pyridine rings is 1. The molecule has 0 saturated heterocycles. The fourth-order valence-electron chi connectivity index (χ4n) is 2.38. The molecule has 4 nitrogen and oxygen atoms in total. The van der Waals surface area contributed by atoms with E-state index in [4.69, 9.17) is 11.6 Å². The van der Waals surface area contributed by atoms with E-state index in [1.807, 2.05) is 6.07 Å². The second kappa shape index (κ2) is 6.48. The summed E-state index contributed by atoms with van der Waals surface area (Å²) in [5.74, 6) is 0.0214. The first-order valence-electron chi connectivity index (χ1n) is 6.91. The van der Waals surface area contributed by atoms with Gasteiger partial charge in [-0.1, -0.05) is 29.8 Å². The third-order valence-corrected chi connectivity index (χ3v) is 4.07. The molecule has 0 radical (unpaired) electrons. The number of halogens is 1. The Morgan fingerprint density at radius 3 is 2.74 bits per heavy atom. The molecule has 116 valence electrons. The molecule has 3 aromatic rings. The predicted octanol–water partition coefficient (Wildman–Crippen LogP) is 3.86. The lowest BCUT2D eigenvalue weighted by molar-refractivity contribution is 0.102. The Kier molecular flexibility index (Phi) is 4.41. The van der Waals surface area contributed by atoms with Crippen LogP contribution in [-0.2, 0) is 5.75 Å². The molecule has 1 heterocycles. The number of anilines is 1. The van der Waals surface area contributed by atoms with Gasteiger partial charge in [0.25, 0.3) is 5.91 Å². The van der Waals surface area contributed by atoms with Gasteiger partial charge in [-0.2, -0.15) is 12.6 Å². The molecule has 0 aliphatic heterocycles. The smallest absolute Gasteiger partial charge is 0.261 e. The average Bonchev–Trinajstić information content (AvgIpc) is 2.54. The zero-order valence-corrected chi connectivity index (χ0v) is 13.6. The van der Waals surface area contributed by atoms with Gasteiger partial charge in [0.15, 0.2) is 0 Å². The standard InChI is InChI=1S/C17H13ClN2O2S/c18-11-4-2-5-12(7-11)20-17(22)14-8-19-15-10(9-23)3-1-6-13(15)16(14)21/h1-8,23H,9H2,(H,19,21)(H,20,22). The Morgan fingerprint density at radius 2 is 2.00 bits per heavy atom. The minimum Gasteiger partial charge on any atom is -0.360 e. The highest BCUT2D eigenvalue weighted by molar-refractivity contribution is 7.79. The van der Waals surface area contributed by atoms with E-state index in [-0.39, 0.29) is 11.0 Å². The number of amides is 1. The molecule has 0 saturated carbocycles. The van der Waals surface area contributed by atoms with Crippen LogP contribution in [0.5, 0.6) is 0 Å². The molecule has 1 amide bonds. The Labute approximate surface area is 142 Å². The average molecular weight is 345 g/mol. The molecule has 2 aromatic carbocycles. The van der Waals surface area contributed by atoms with Gasteiger partial charge in [0.2, 0.25) is 5.43 Å². The van der Waals surface area contributed by atoms with Crippen LogP contribution in [0.3, 0.4) is 0 Å². The second-order valence-electron chi connectivity index (χ2n) is 4.99. The number of benzene rings is 2. The van der Waals surface area contributed by atoms with Gasteiger partial charge in [0.05, 0.1) is 5.52 Å². The number of hydrogen-bond donors (Lipinski definition) is 3. The molecule has 0 aliphatic rings. The minimum absolute atomic E-state index is 0.0498. The number of aromatic amines is 1. The Balaban J connectivity index is 2.01. The van der Waals surface area contributed by atoms with E-state index in [9.17, 15) is 9.59 Å². The molecule has 0 atom stereocenters. The number of fused-ring (bicyclic) bond motifs is 1. The number of H-pyrrole nitrogens is 1. The molecule has 6 heteroatoms. The molecule has 2 N–H and O–H groups in total. The van der Waals surface area contributed by atoms with Gasteiger partial charge < -0.3 is 10.3 Å². The number of hydrogen-bond acceptors (Lipinski definition) is 3. The lowest BCUT2D eigenvalue weighted by Gasteiger charge is -2.08. The highest BCUT2D eigenvalue weighted by atomic mass is 35.5. The maximum atomic E-state index is 12.6. The van der Waals surface area contributed by atoms with Crippen LogP contribution in [-0.4, -0.2) is 10.9 Å². The summed E-state index contributed by atoms with van der Waals surface area (Å²) in [5, 5.41) is 3.65. The van der Waals surface area contributed by atoms with Gasteiger partial charge in [0.1, 0.15) is 5.56 Å². The van der Waals surface area contributed by atoms with Crippen molar-refractivity contribution in [1.82, 2.24) is 4.98 Å². The van der Waals surface area contributed by atoms with Crippen LogP contribution in [0.4, 0.5) is 5.69 Å². The largest absolute Gasteiger partial charge is 0.360 e. The highest BCUT2D eigenvalue weighted by Gasteiger charge is 2.14. The van der Waals surface area contributed by atoms with Crippen molar-refractivity contribution in [3.05, 3.63) is 75.0 Å². The Morgan fingerprint density at radius 1 is 1.22 bits per heavy atom. The number of thiol groups is 1. The summed E-state index contributed by atoms with van der Waals surface area (Å²) in [6.45, 7) is 0. The predicted molar refractivity (Wildman–Crippen MR) is 96.7 cm³/mol. The summed E-state index contributed by atoms with van der Waals surface area (Å²) in [6.07, 6.45) is 1.43. The van der Waals surface area contributed by atoms with E-state index >= 15 is 0 Å². The fourth-order valence-corrected chi connectivity index (χ4v) is 2.83. The van der Waals surface area contributed by atoms with E-state index in [0.717, 1.165) is 5.56 Å². The number of para-hydroxylation sites is 1. The summed E-state index contributed by atoms with van der Waals surface area (Å²) < 4.78 is 0. The third-order valence-electron chi connectivity index (χ3n) is 3.50. The lowest BCUT2D eigenvalue weighted by Crippen LogP contribution is -2.22. The number of carbonyl (C=O) groups excluding carboxylic acids is 1. The molecule has 23 heavy (non-hydrogen) atoms. The molecular formula is C17H13ClN2O2S. The van der Waals surface area contributed by atoms with Crippen LogP contribution < -0.4 is 10.7 Å². The van der Waals surface area contributed by atoms with Crippen LogP contribution >= 0.6 is 24.2 Å². The van der Waals surface area contributed by atoms with Crippen LogP contribution in [0.15, 0.2) is 53.5 Å². The Hall–Kier alpha value is -2.24. The minimum atomic E-state index is -0.480. The summed E-state index contributed by atoms with van der Waals surface area (Å²) >= 11 is 10.1. The van der Waals surface area contributed by atoms with Crippen molar-refractivity contribution in [3.63, 3.8) is 0 Å². The van der Waals surface area contributed by atoms with Crippen molar-refractivity contribution in [2.45, 2.75) is 5.75 Å². The van der Waals surface area contributed by atoms with Crippen molar-refractivity contribution >= 4 is 46.7 Å². The van der Waals surface area contributed by atoms with E-state index in [1.54, 1.807) is 36.4 Å². The third kappa shape index (κ3) is 3.11. The Bertz CT molecular complexity index is 953. The van der Waals surface area contributed by atoms with Gasteiger partial charge in [-0.25, -0.2) is 0 Å². The summed E-state index contributed by atoms with van der Waals surface area (Å²) in [7, 11) is 0. The van der Waals surface area contributed by atoms with Crippen LogP contribution in [0, 0.1) is 0 Å². The maximum Gasteiger partial charge on any atom is 0.261 e. The lowest BCUT2D eigenvalue weighted by atomic mass is 10.1. The molecule has 0 spiro atoms. The topological polar surface area (TPSA) is 62.0 Å². The molecule has 0 bridgehead atoms. The van der Waals surface area contributed by atoms with Crippen LogP contribution in [0.1, 0.15) is 15.9 Å². The summed E-state index contributed by atoms with van der Waals surface area (Å²) in [6, 6.07) is 12.1. The van der Waals surface area contributed by atoms with Crippen molar-refractivity contribution in [1.29, 1.82) is 0 Å². The van der Waals surface area contributed by atoms with Gasteiger partial charge >= 0.3 is 0 Å². The van der Waals surface area contributed by atoms with E-state index in [2.05, 4.69) is 22.9 Å². The number of nitrogens with one attached hydrogen (secondary N) is 2. The summed E-state index contributed by atoms with van der Waals surface area (Å²) in [4.78, 5) is 27.9. The molecule has 0 fully saturated rings. The van der Waals surface area contributed by atoms with Crippen molar-refractivity contribution in [3.8, 4) is 0 Å². The van der Waals surface area contributed by atoms with E-state index in [1.165, 1.54) is 6.20 Å². The van der Waals surface area contributed by atoms with Gasteiger partial charge in [-0.05, 0) is 29.8 Å². The van der Waals surface area contributed by atoms with E-state index < -0.39 is 5.91 Å². The van der Waals surface area contributed by atoms with Gasteiger partial charge in [-0.3, -0.25) is 9.59 Å². The normalized spacial score (nSPS) is 10.7. The first-order valence-corrected chi connectivity index (χ1v) is 7.92. The maximum absolute atomic E-state index is 12.6. The summed E-state index contributed by atoms with van der Waals surface area (Å²) in [5.41, 5.74) is 1.87. The number of rotatable bonds is 3. The first kappa shape index (κ1) is 15.6. The van der Waals surface area contributed by atoms with Crippen molar-refractivity contribution < 1.29 is 4.79 Å². The van der Waals surface area contributed by atoms with Gasteiger partial charge in [-0.15, -0.1) is 0 Å². The van der Waals surface area contributed by atoms with Crippen LogP contribution in [0.25, 0.3) is 10.9 Å². The van der Waals surface area contributed by atoms with Crippen LogP contribution in [0.2, 0.25) is 5.02 Å². The molecule has 0 aliphatic carbocycles. The second-order valence-corrected chi connectivity index (χ2v) is 5.75. The zero-order chi connectivity index (χ0) is 16.4. The molecule has 1 aromatic heterocycles. The molecule has 3 rings (SSSR count). The molecule has 0 unspecified atom stereocenters.